The summed E-state index contributed by atoms with van der Waals surface area (Å²) in [6.07, 6.45) is -0.317. The lowest BCUT2D eigenvalue weighted by molar-refractivity contribution is -0.142. The van der Waals surface area contributed by atoms with Crippen LogP contribution in [0, 0.1) is 5.92 Å². The fourth-order valence-corrected chi connectivity index (χ4v) is 1.57. The average Bonchev–Trinajstić information content (AvgIpc) is 2.40. The number of amides is 2. The lowest BCUT2D eigenvalue weighted by atomic mass is 10.0. The number of rotatable bonds is 9. The van der Waals surface area contributed by atoms with Gasteiger partial charge in [-0.2, -0.15) is 0 Å². The monoisotopic (exact) mass is 317 g/mol. The minimum atomic E-state index is -1.19. The number of nitrogens with two attached hydrogens (primary N) is 1. The minimum Gasteiger partial charge on any atom is -0.481 e. The van der Waals surface area contributed by atoms with E-state index in [1.54, 1.807) is 13.8 Å². The molecule has 9 nitrogen and oxygen atoms in total. The highest BCUT2D eigenvalue weighted by Crippen LogP contribution is 2.04. The van der Waals surface area contributed by atoms with Gasteiger partial charge in [-0.25, -0.2) is 0 Å². The molecule has 22 heavy (non-hydrogen) atoms. The number of carbonyl (C=O) groups is 4. The summed E-state index contributed by atoms with van der Waals surface area (Å²) in [5.74, 6) is -3.85. The van der Waals surface area contributed by atoms with Gasteiger partial charge in [0.05, 0.1) is 6.04 Å². The Morgan fingerprint density at radius 2 is 1.55 bits per heavy atom. The maximum absolute atomic E-state index is 12.0. The maximum atomic E-state index is 12.0. The number of hydrogen-bond acceptors (Lipinski definition) is 5. The number of nitrogens with one attached hydrogen (secondary N) is 2. The fraction of sp³-hybridized carbons (Fsp3) is 0.692. The molecular formula is C13H23N3O6. The standard InChI is InChI=1S/C13H23N3O6/c1-6(2)10(12(20)15-7(3)13(21)22)16-11(19)8(14)4-5-9(17)18/h6-8,10H,4-5,14H2,1-3H3,(H,15,20)(H,16,19)(H,17,18)(H,21,22)/t7-,8-,10-/m0/s1. The van der Waals surface area contributed by atoms with Gasteiger partial charge in [-0.1, -0.05) is 13.8 Å². The Morgan fingerprint density at radius 3 is 1.95 bits per heavy atom. The summed E-state index contributed by atoms with van der Waals surface area (Å²) in [7, 11) is 0. The van der Waals surface area contributed by atoms with Gasteiger partial charge < -0.3 is 26.6 Å². The molecule has 6 N–H and O–H groups in total. The van der Waals surface area contributed by atoms with E-state index in [1.165, 1.54) is 6.92 Å². The van der Waals surface area contributed by atoms with E-state index in [4.69, 9.17) is 15.9 Å². The molecule has 0 aliphatic rings. The summed E-state index contributed by atoms with van der Waals surface area (Å²) in [6, 6.07) is -3.10. The van der Waals surface area contributed by atoms with E-state index in [-0.39, 0.29) is 18.8 Å². The third-order valence-corrected chi connectivity index (χ3v) is 2.98. The lowest BCUT2D eigenvalue weighted by Crippen LogP contribution is -2.55. The predicted molar refractivity (Wildman–Crippen MR) is 76.9 cm³/mol. The molecule has 3 atom stereocenters. The van der Waals surface area contributed by atoms with Crippen LogP contribution in [0.2, 0.25) is 0 Å². The van der Waals surface area contributed by atoms with E-state index in [2.05, 4.69) is 10.6 Å². The molecule has 126 valence electrons. The SMILES string of the molecule is CC(C)[C@H](NC(=O)[C@@H](N)CCC(=O)O)C(=O)N[C@@H](C)C(=O)O. The van der Waals surface area contributed by atoms with Crippen molar-refractivity contribution in [2.45, 2.75) is 51.7 Å². The second kappa shape index (κ2) is 8.98. The van der Waals surface area contributed by atoms with E-state index in [1.807, 2.05) is 0 Å². The van der Waals surface area contributed by atoms with Crippen LogP contribution in [0.15, 0.2) is 0 Å². The molecule has 0 spiro atoms. The highest BCUT2D eigenvalue weighted by Gasteiger charge is 2.28. The van der Waals surface area contributed by atoms with Crippen molar-refractivity contribution in [2.75, 3.05) is 0 Å². The molecule has 0 aliphatic heterocycles. The first-order valence-corrected chi connectivity index (χ1v) is 6.87. The van der Waals surface area contributed by atoms with Crippen molar-refractivity contribution in [2.24, 2.45) is 11.7 Å². The molecule has 0 aromatic carbocycles. The number of carboxylic acids is 2. The summed E-state index contributed by atoms with van der Waals surface area (Å²) in [4.78, 5) is 45.0. The van der Waals surface area contributed by atoms with E-state index in [0.29, 0.717) is 0 Å². The largest absolute Gasteiger partial charge is 0.481 e. The van der Waals surface area contributed by atoms with Crippen molar-refractivity contribution in [3.8, 4) is 0 Å². The highest BCUT2D eigenvalue weighted by molar-refractivity contribution is 5.91. The van der Waals surface area contributed by atoms with Crippen molar-refractivity contribution in [3.05, 3.63) is 0 Å². The van der Waals surface area contributed by atoms with Gasteiger partial charge in [0.15, 0.2) is 0 Å². The van der Waals surface area contributed by atoms with Gasteiger partial charge >= 0.3 is 11.9 Å². The zero-order valence-electron chi connectivity index (χ0n) is 12.8. The Bertz CT molecular complexity index is 437. The number of carbonyl (C=O) groups excluding carboxylic acids is 2. The summed E-state index contributed by atoms with van der Waals surface area (Å²) in [6.45, 7) is 4.66. The Labute approximate surface area is 128 Å². The topological polar surface area (TPSA) is 159 Å². The number of hydrogen-bond donors (Lipinski definition) is 5. The van der Waals surface area contributed by atoms with Gasteiger partial charge in [-0.15, -0.1) is 0 Å². The average molecular weight is 317 g/mol. The van der Waals surface area contributed by atoms with Gasteiger partial charge in [-0.05, 0) is 19.3 Å². The molecule has 0 aliphatic carbocycles. The van der Waals surface area contributed by atoms with Crippen LogP contribution in [0.3, 0.4) is 0 Å². The Morgan fingerprint density at radius 1 is 1.00 bits per heavy atom. The zero-order valence-corrected chi connectivity index (χ0v) is 12.8. The molecule has 9 heteroatoms. The number of carboxylic acid groups (broad SMARTS) is 2. The Kier molecular flexibility index (Phi) is 8.10. The third-order valence-electron chi connectivity index (χ3n) is 2.98. The molecule has 0 saturated carbocycles. The van der Waals surface area contributed by atoms with Gasteiger partial charge in [-0.3, -0.25) is 19.2 Å². The zero-order chi connectivity index (χ0) is 17.4. The van der Waals surface area contributed by atoms with Crippen molar-refractivity contribution in [1.82, 2.24) is 10.6 Å². The molecule has 0 rings (SSSR count). The first-order chi connectivity index (χ1) is 10.1. The van der Waals surface area contributed by atoms with Crippen molar-refractivity contribution >= 4 is 23.8 Å². The highest BCUT2D eigenvalue weighted by atomic mass is 16.4. The summed E-state index contributed by atoms with van der Waals surface area (Å²) >= 11 is 0. The molecular weight excluding hydrogens is 294 g/mol. The van der Waals surface area contributed by atoms with Crippen LogP contribution in [0.4, 0.5) is 0 Å². The van der Waals surface area contributed by atoms with Crippen LogP contribution >= 0.6 is 0 Å². The van der Waals surface area contributed by atoms with Crippen molar-refractivity contribution < 1.29 is 29.4 Å². The van der Waals surface area contributed by atoms with Gasteiger partial charge in [0, 0.05) is 6.42 Å². The van der Waals surface area contributed by atoms with Crippen LogP contribution in [-0.4, -0.2) is 52.1 Å². The van der Waals surface area contributed by atoms with Gasteiger partial charge in [0.1, 0.15) is 12.1 Å². The van der Waals surface area contributed by atoms with E-state index >= 15 is 0 Å². The van der Waals surface area contributed by atoms with Crippen molar-refractivity contribution in [1.29, 1.82) is 0 Å². The predicted octanol–water partition coefficient (Wildman–Crippen LogP) is -1.09. The molecule has 0 saturated heterocycles. The van der Waals surface area contributed by atoms with Gasteiger partial charge in [0.2, 0.25) is 11.8 Å². The van der Waals surface area contributed by atoms with Gasteiger partial charge in [0.25, 0.3) is 0 Å². The van der Waals surface area contributed by atoms with E-state index in [9.17, 15) is 19.2 Å². The minimum absolute atomic E-state index is 0.0564. The fourth-order valence-electron chi connectivity index (χ4n) is 1.57. The Hall–Kier alpha value is -2.16. The quantitative estimate of drug-likeness (QED) is 0.361. The maximum Gasteiger partial charge on any atom is 0.325 e. The van der Waals surface area contributed by atoms with Crippen molar-refractivity contribution in [3.63, 3.8) is 0 Å². The third kappa shape index (κ3) is 7.02. The normalized spacial score (nSPS) is 14.8. The molecule has 2 amide bonds. The summed E-state index contributed by atoms with van der Waals surface area (Å²) in [5.41, 5.74) is 5.56. The van der Waals surface area contributed by atoms with Crippen LogP contribution in [0.1, 0.15) is 33.6 Å². The summed E-state index contributed by atoms with van der Waals surface area (Å²) in [5, 5.41) is 22.0. The first kappa shape index (κ1) is 19.8. The lowest BCUT2D eigenvalue weighted by Gasteiger charge is -2.24. The smallest absolute Gasteiger partial charge is 0.325 e. The second-order valence-electron chi connectivity index (χ2n) is 5.34. The second-order valence-corrected chi connectivity index (χ2v) is 5.34. The molecule has 0 bridgehead atoms. The first-order valence-electron chi connectivity index (χ1n) is 6.87. The molecule has 0 unspecified atom stereocenters. The molecule has 0 heterocycles. The van der Waals surface area contributed by atoms with Crippen LogP contribution in [0.5, 0.6) is 0 Å². The molecule has 0 radical (unpaired) electrons. The van der Waals surface area contributed by atoms with Crippen LogP contribution < -0.4 is 16.4 Å². The van der Waals surface area contributed by atoms with Crippen LogP contribution in [-0.2, 0) is 19.2 Å². The molecule has 0 aromatic heterocycles. The van der Waals surface area contributed by atoms with E-state index < -0.39 is 41.9 Å². The molecule has 0 aromatic rings. The van der Waals surface area contributed by atoms with E-state index in [0.717, 1.165) is 0 Å². The summed E-state index contributed by atoms with van der Waals surface area (Å²) < 4.78 is 0. The molecule has 0 fully saturated rings. The van der Waals surface area contributed by atoms with Crippen LogP contribution in [0.25, 0.3) is 0 Å². The number of aliphatic carboxylic acids is 2. The Balaban J connectivity index is 4.69.